The first-order valence-corrected chi connectivity index (χ1v) is 9.80. The first-order chi connectivity index (χ1) is 13.1. The lowest BCUT2D eigenvalue weighted by Crippen LogP contribution is -2.32. The molecule has 0 saturated carbocycles. The average molecular weight is 383 g/mol. The lowest BCUT2D eigenvalue weighted by Gasteiger charge is -2.08. The fraction of sp³-hybridized carbons (Fsp3) is 0.250. The molecule has 1 heterocycles. The Labute approximate surface area is 160 Å². The molecule has 0 bridgehead atoms. The molecule has 2 aromatic carbocycles. The largest absolute Gasteiger partial charge is 0.356 e. The highest BCUT2D eigenvalue weighted by Crippen LogP contribution is 2.17. The number of thioether (sulfide) groups is 1. The zero-order valence-corrected chi connectivity index (χ0v) is 15.6. The van der Waals surface area contributed by atoms with Crippen LogP contribution < -0.4 is 16.4 Å². The summed E-state index contributed by atoms with van der Waals surface area (Å²) in [7, 11) is 0. The predicted molar refractivity (Wildman–Crippen MR) is 108 cm³/mol. The van der Waals surface area contributed by atoms with Gasteiger partial charge in [-0.1, -0.05) is 30.3 Å². The van der Waals surface area contributed by atoms with Gasteiger partial charge in [0.2, 0.25) is 5.91 Å². The zero-order valence-electron chi connectivity index (χ0n) is 14.8. The van der Waals surface area contributed by atoms with Crippen LogP contribution >= 0.6 is 11.8 Å². The maximum Gasteiger partial charge on any atom is 0.273 e. The zero-order chi connectivity index (χ0) is 19.1. The van der Waals surface area contributed by atoms with Crippen LogP contribution in [-0.2, 0) is 11.3 Å². The van der Waals surface area contributed by atoms with Gasteiger partial charge in [0, 0.05) is 17.9 Å². The molecule has 0 aliphatic heterocycles. The molecule has 2 N–H and O–H groups in total. The topological polar surface area (TPSA) is 84.0 Å². The number of aryl methyl sites for hydroxylation is 1. The number of hydrogen-bond donors (Lipinski definition) is 2. The van der Waals surface area contributed by atoms with Crippen molar-refractivity contribution in [2.45, 2.75) is 24.3 Å². The highest BCUT2D eigenvalue weighted by Gasteiger charge is 2.08. The van der Waals surface area contributed by atoms with Crippen LogP contribution in [0.15, 0.2) is 69.1 Å². The van der Waals surface area contributed by atoms with Crippen LogP contribution in [0.4, 0.5) is 0 Å². The number of aromatic amines is 1. The lowest BCUT2D eigenvalue weighted by molar-refractivity contribution is -0.121. The first-order valence-electron chi connectivity index (χ1n) is 8.81. The number of amides is 1. The second-order valence-electron chi connectivity index (χ2n) is 6.06. The molecule has 140 valence electrons. The summed E-state index contributed by atoms with van der Waals surface area (Å²) in [4.78, 5) is 37.6. The maximum absolute atomic E-state index is 12.4. The SMILES string of the molecule is O=C(CCn1[nH]c(=O)c2ccccc2c1=O)NCCCSc1ccccc1. The van der Waals surface area contributed by atoms with Gasteiger partial charge >= 0.3 is 0 Å². The van der Waals surface area contributed by atoms with Crippen LogP contribution in [0, 0.1) is 0 Å². The number of carbonyl (C=O) groups excluding carboxylic acids is 1. The van der Waals surface area contributed by atoms with Gasteiger partial charge in [-0.15, -0.1) is 11.8 Å². The third kappa shape index (κ3) is 5.10. The number of H-pyrrole nitrogens is 1. The van der Waals surface area contributed by atoms with E-state index < -0.39 is 0 Å². The number of benzene rings is 2. The lowest BCUT2D eigenvalue weighted by atomic mass is 10.2. The van der Waals surface area contributed by atoms with Gasteiger partial charge in [0.05, 0.1) is 17.3 Å². The van der Waals surface area contributed by atoms with E-state index in [1.54, 1.807) is 36.0 Å². The smallest absolute Gasteiger partial charge is 0.273 e. The Hall–Kier alpha value is -2.80. The minimum atomic E-state index is -0.330. The van der Waals surface area contributed by atoms with E-state index in [-0.39, 0.29) is 30.0 Å². The van der Waals surface area contributed by atoms with Crippen LogP contribution in [0.25, 0.3) is 10.8 Å². The Balaban J connectivity index is 1.45. The summed E-state index contributed by atoms with van der Waals surface area (Å²) in [6.45, 7) is 0.727. The minimum absolute atomic E-state index is 0.138. The Morgan fingerprint density at radius 3 is 2.48 bits per heavy atom. The highest BCUT2D eigenvalue weighted by atomic mass is 32.2. The summed E-state index contributed by atoms with van der Waals surface area (Å²) in [6, 6.07) is 16.8. The number of carbonyl (C=O) groups is 1. The second-order valence-corrected chi connectivity index (χ2v) is 7.23. The summed E-state index contributed by atoms with van der Waals surface area (Å²) in [5.41, 5.74) is -0.624. The van der Waals surface area contributed by atoms with Crippen molar-refractivity contribution >= 4 is 28.4 Å². The highest BCUT2D eigenvalue weighted by molar-refractivity contribution is 7.99. The van der Waals surface area contributed by atoms with Crippen molar-refractivity contribution in [3.8, 4) is 0 Å². The summed E-state index contributed by atoms with van der Waals surface area (Å²) in [5, 5.41) is 6.11. The number of nitrogens with one attached hydrogen (secondary N) is 2. The average Bonchev–Trinajstić information content (AvgIpc) is 2.70. The standard InChI is InChI=1S/C20H21N3O3S/c24-18(21-12-6-14-27-15-7-2-1-3-8-15)11-13-23-20(26)17-10-5-4-9-16(17)19(25)22-23/h1-5,7-10H,6,11-14H2,(H,21,24)(H,22,25). The molecule has 1 aromatic heterocycles. The Morgan fingerprint density at radius 2 is 1.70 bits per heavy atom. The summed E-state index contributed by atoms with van der Waals surface area (Å²) < 4.78 is 1.20. The van der Waals surface area contributed by atoms with E-state index in [0.29, 0.717) is 17.3 Å². The van der Waals surface area contributed by atoms with E-state index in [1.165, 1.54) is 9.58 Å². The van der Waals surface area contributed by atoms with Gasteiger partial charge < -0.3 is 5.32 Å². The van der Waals surface area contributed by atoms with Crippen LogP contribution in [0.5, 0.6) is 0 Å². The molecule has 0 fully saturated rings. The molecule has 3 aromatic rings. The summed E-state index contributed by atoms with van der Waals surface area (Å²) in [6.07, 6.45) is 0.998. The van der Waals surface area contributed by atoms with Crippen LogP contribution in [0.2, 0.25) is 0 Å². The van der Waals surface area contributed by atoms with E-state index in [0.717, 1.165) is 12.2 Å². The van der Waals surface area contributed by atoms with Crippen molar-refractivity contribution in [3.63, 3.8) is 0 Å². The third-order valence-electron chi connectivity index (χ3n) is 4.10. The van der Waals surface area contributed by atoms with Gasteiger partial charge in [-0.25, -0.2) is 4.68 Å². The number of fused-ring (bicyclic) bond motifs is 1. The van der Waals surface area contributed by atoms with Crippen molar-refractivity contribution < 1.29 is 4.79 Å². The molecule has 0 unspecified atom stereocenters. The van der Waals surface area contributed by atoms with Crippen LogP contribution in [-0.4, -0.2) is 28.0 Å². The number of rotatable bonds is 8. The van der Waals surface area contributed by atoms with Crippen molar-refractivity contribution in [2.75, 3.05) is 12.3 Å². The van der Waals surface area contributed by atoms with E-state index in [1.807, 2.05) is 18.2 Å². The van der Waals surface area contributed by atoms with E-state index >= 15 is 0 Å². The fourth-order valence-electron chi connectivity index (χ4n) is 2.71. The molecular weight excluding hydrogens is 362 g/mol. The van der Waals surface area contributed by atoms with E-state index in [9.17, 15) is 14.4 Å². The monoisotopic (exact) mass is 383 g/mol. The van der Waals surface area contributed by atoms with Gasteiger partial charge in [-0.3, -0.25) is 19.5 Å². The number of nitrogens with zero attached hydrogens (tertiary/aromatic N) is 1. The maximum atomic E-state index is 12.4. The summed E-state index contributed by atoms with van der Waals surface area (Å²) >= 11 is 1.75. The van der Waals surface area contributed by atoms with Crippen LogP contribution in [0.3, 0.4) is 0 Å². The van der Waals surface area contributed by atoms with Gasteiger partial charge in [-0.2, -0.15) is 0 Å². The molecule has 1 amide bonds. The molecule has 6 nitrogen and oxygen atoms in total. The molecule has 0 atom stereocenters. The van der Waals surface area contributed by atoms with Crippen LogP contribution in [0.1, 0.15) is 12.8 Å². The van der Waals surface area contributed by atoms with E-state index in [4.69, 9.17) is 0 Å². The molecule has 27 heavy (non-hydrogen) atoms. The number of hydrogen-bond acceptors (Lipinski definition) is 4. The van der Waals surface area contributed by atoms with Crippen molar-refractivity contribution in [1.82, 2.24) is 15.1 Å². The quantitative estimate of drug-likeness (QED) is 0.462. The minimum Gasteiger partial charge on any atom is -0.356 e. The van der Waals surface area contributed by atoms with Gasteiger partial charge in [-0.05, 0) is 36.4 Å². The Bertz CT molecular complexity index is 1030. The predicted octanol–water partition coefficient (Wildman–Crippen LogP) is 2.38. The molecular formula is C20H21N3O3S. The Kier molecular flexibility index (Phi) is 6.49. The fourth-order valence-corrected chi connectivity index (χ4v) is 3.59. The third-order valence-corrected chi connectivity index (χ3v) is 5.20. The molecule has 7 heteroatoms. The van der Waals surface area contributed by atoms with Crippen molar-refractivity contribution in [1.29, 1.82) is 0 Å². The normalized spacial score (nSPS) is 10.8. The molecule has 0 radical (unpaired) electrons. The van der Waals surface area contributed by atoms with Crippen molar-refractivity contribution in [2.24, 2.45) is 0 Å². The van der Waals surface area contributed by atoms with E-state index in [2.05, 4.69) is 22.5 Å². The van der Waals surface area contributed by atoms with Gasteiger partial charge in [0.1, 0.15) is 0 Å². The Morgan fingerprint density at radius 1 is 1.00 bits per heavy atom. The molecule has 0 saturated heterocycles. The first kappa shape index (κ1) is 19.0. The molecule has 0 aliphatic carbocycles. The van der Waals surface area contributed by atoms with Gasteiger partial charge in [0.25, 0.3) is 11.1 Å². The van der Waals surface area contributed by atoms with Gasteiger partial charge in [0.15, 0.2) is 0 Å². The molecule has 0 aliphatic rings. The molecule has 0 spiro atoms. The number of aromatic nitrogens is 2. The van der Waals surface area contributed by atoms with Crippen molar-refractivity contribution in [3.05, 3.63) is 75.3 Å². The molecule has 3 rings (SSSR count). The second kappa shape index (κ2) is 9.23. The summed E-state index contributed by atoms with van der Waals surface area (Å²) in [5.74, 6) is 0.780.